The molecule has 0 aliphatic carbocycles. The molecule has 2 N–H and O–H groups in total. The lowest BCUT2D eigenvalue weighted by molar-refractivity contribution is 0.0543. The number of ether oxygens (including phenoxy) is 2. The zero-order valence-corrected chi connectivity index (χ0v) is 10.8. The van der Waals surface area contributed by atoms with Crippen LogP contribution in [-0.2, 0) is 4.74 Å². The van der Waals surface area contributed by atoms with E-state index in [1.54, 1.807) is 7.11 Å². The first-order valence-corrected chi connectivity index (χ1v) is 6.28. The number of hydrogen-bond donors (Lipinski definition) is 1. The van der Waals surface area contributed by atoms with Crippen LogP contribution in [0.5, 0.6) is 5.75 Å². The topological polar surface area (TPSA) is 44.5 Å². The van der Waals surface area contributed by atoms with Gasteiger partial charge in [0, 0.05) is 18.7 Å². The van der Waals surface area contributed by atoms with Crippen molar-refractivity contribution in [1.82, 2.24) is 0 Å². The molecule has 0 amide bonds. The number of nitrogens with two attached hydrogens (primary N) is 1. The highest BCUT2D eigenvalue weighted by Crippen LogP contribution is 2.26. The molecular weight excluding hydrogens is 214 g/mol. The highest BCUT2D eigenvalue weighted by atomic mass is 16.5. The van der Waals surface area contributed by atoms with Crippen LogP contribution in [0.2, 0.25) is 0 Å². The molecule has 0 fully saturated rings. The monoisotopic (exact) mass is 237 g/mol. The van der Waals surface area contributed by atoms with Crippen molar-refractivity contribution in [3.63, 3.8) is 0 Å². The fraction of sp³-hybridized carbons (Fsp3) is 0.571. The summed E-state index contributed by atoms with van der Waals surface area (Å²) < 4.78 is 11.1. The van der Waals surface area contributed by atoms with Gasteiger partial charge in [-0.1, -0.05) is 38.0 Å². The molecule has 0 aliphatic heterocycles. The van der Waals surface area contributed by atoms with E-state index in [4.69, 9.17) is 15.2 Å². The number of para-hydroxylation sites is 1. The fourth-order valence-corrected chi connectivity index (χ4v) is 1.79. The van der Waals surface area contributed by atoms with E-state index in [0.717, 1.165) is 24.3 Å². The van der Waals surface area contributed by atoms with Gasteiger partial charge in [0.1, 0.15) is 5.75 Å². The highest BCUT2D eigenvalue weighted by molar-refractivity contribution is 5.35. The maximum absolute atomic E-state index is 5.82. The minimum atomic E-state index is -0.0667. The molecule has 1 aromatic carbocycles. The van der Waals surface area contributed by atoms with Crippen LogP contribution in [0, 0.1) is 0 Å². The number of unbranched alkanes of at least 4 members (excludes halogenated alkanes) is 2. The molecule has 1 atom stereocenters. The summed E-state index contributed by atoms with van der Waals surface area (Å²) in [5, 5.41) is 0. The largest absolute Gasteiger partial charge is 0.496 e. The van der Waals surface area contributed by atoms with Crippen molar-refractivity contribution in [2.45, 2.75) is 32.3 Å². The van der Waals surface area contributed by atoms with Crippen molar-refractivity contribution in [2.24, 2.45) is 5.73 Å². The quantitative estimate of drug-likeness (QED) is 0.707. The van der Waals surface area contributed by atoms with Gasteiger partial charge in [-0.05, 0) is 12.5 Å². The lowest BCUT2D eigenvalue weighted by atomic mass is 10.1. The third-order valence-electron chi connectivity index (χ3n) is 2.77. The second-order valence-corrected chi connectivity index (χ2v) is 4.04. The van der Waals surface area contributed by atoms with Gasteiger partial charge in [-0.2, -0.15) is 0 Å². The lowest BCUT2D eigenvalue weighted by Gasteiger charge is -2.18. The van der Waals surface area contributed by atoms with Crippen LogP contribution < -0.4 is 10.5 Å². The third-order valence-corrected chi connectivity index (χ3v) is 2.77. The van der Waals surface area contributed by atoms with Gasteiger partial charge in [0.05, 0.1) is 13.2 Å². The van der Waals surface area contributed by atoms with Crippen LogP contribution in [0.15, 0.2) is 24.3 Å². The van der Waals surface area contributed by atoms with Crippen LogP contribution in [0.3, 0.4) is 0 Å². The van der Waals surface area contributed by atoms with E-state index in [-0.39, 0.29) is 6.10 Å². The zero-order chi connectivity index (χ0) is 12.5. The van der Waals surface area contributed by atoms with E-state index in [1.807, 2.05) is 24.3 Å². The minimum absolute atomic E-state index is 0.0667. The van der Waals surface area contributed by atoms with Crippen molar-refractivity contribution in [3.05, 3.63) is 29.8 Å². The van der Waals surface area contributed by atoms with Crippen LogP contribution >= 0.6 is 0 Å². The Morgan fingerprint density at radius 2 is 2.00 bits per heavy atom. The molecule has 0 spiro atoms. The Bertz CT molecular complexity index is 315. The van der Waals surface area contributed by atoms with E-state index in [9.17, 15) is 0 Å². The van der Waals surface area contributed by atoms with Crippen LogP contribution in [-0.4, -0.2) is 20.3 Å². The van der Waals surface area contributed by atoms with Crippen LogP contribution in [0.4, 0.5) is 0 Å². The Labute approximate surface area is 104 Å². The molecule has 0 bridgehead atoms. The molecule has 1 aromatic rings. The van der Waals surface area contributed by atoms with Gasteiger partial charge in [0.25, 0.3) is 0 Å². The number of rotatable bonds is 8. The highest BCUT2D eigenvalue weighted by Gasteiger charge is 2.14. The van der Waals surface area contributed by atoms with Gasteiger partial charge in [0.2, 0.25) is 0 Å². The van der Waals surface area contributed by atoms with Gasteiger partial charge < -0.3 is 15.2 Å². The summed E-state index contributed by atoms with van der Waals surface area (Å²) >= 11 is 0. The van der Waals surface area contributed by atoms with Gasteiger partial charge in [-0.3, -0.25) is 0 Å². The molecule has 0 saturated heterocycles. The Hall–Kier alpha value is -1.06. The SMILES string of the molecule is CCCCCOC(CN)c1ccccc1OC. The first kappa shape index (κ1) is 14.0. The third kappa shape index (κ3) is 4.36. The van der Waals surface area contributed by atoms with Gasteiger partial charge in [-0.15, -0.1) is 0 Å². The average molecular weight is 237 g/mol. The van der Waals surface area contributed by atoms with Gasteiger partial charge in [-0.25, -0.2) is 0 Å². The molecule has 1 rings (SSSR count). The summed E-state index contributed by atoms with van der Waals surface area (Å²) in [5.41, 5.74) is 6.80. The van der Waals surface area contributed by atoms with E-state index < -0.39 is 0 Å². The Morgan fingerprint density at radius 3 is 2.65 bits per heavy atom. The maximum atomic E-state index is 5.82. The van der Waals surface area contributed by atoms with Crippen molar-refractivity contribution < 1.29 is 9.47 Å². The summed E-state index contributed by atoms with van der Waals surface area (Å²) in [4.78, 5) is 0. The van der Waals surface area contributed by atoms with Crippen LogP contribution in [0.25, 0.3) is 0 Å². The molecule has 0 aromatic heterocycles. The van der Waals surface area contributed by atoms with E-state index in [0.29, 0.717) is 6.54 Å². The predicted octanol–water partition coefficient (Wildman–Crippen LogP) is 2.90. The Morgan fingerprint density at radius 1 is 1.24 bits per heavy atom. The Kier molecular flexibility index (Phi) is 6.67. The summed E-state index contributed by atoms with van der Waals surface area (Å²) in [6.45, 7) is 3.42. The smallest absolute Gasteiger partial charge is 0.124 e. The molecule has 17 heavy (non-hydrogen) atoms. The predicted molar refractivity (Wildman–Crippen MR) is 70.3 cm³/mol. The second-order valence-electron chi connectivity index (χ2n) is 4.04. The Balaban J connectivity index is 2.59. The number of hydrogen-bond acceptors (Lipinski definition) is 3. The molecular formula is C14H23NO2. The second kappa shape index (κ2) is 8.09. The standard InChI is InChI=1S/C14H23NO2/c1-3-4-7-10-17-14(11-15)12-8-5-6-9-13(12)16-2/h5-6,8-9,14H,3-4,7,10-11,15H2,1-2H3. The van der Waals surface area contributed by atoms with E-state index in [1.165, 1.54) is 12.8 Å². The van der Waals surface area contributed by atoms with Crippen LogP contribution in [0.1, 0.15) is 37.9 Å². The summed E-state index contributed by atoms with van der Waals surface area (Å²) in [5.74, 6) is 0.846. The first-order chi connectivity index (χ1) is 8.33. The van der Waals surface area contributed by atoms with Gasteiger partial charge >= 0.3 is 0 Å². The normalized spacial score (nSPS) is 12.4. The lowest BCUT2D eigenvalue weighted by Crippen LogP contribution is -2.17. The van der Waals surface area contributed by atoms with Crippen molar-refractivity contribution in [1.29, 1.82) is 0 Å². The van der Waals surface area contributed by atoms with E-state index in [2.05, 4.69) is 6.92 Å². The molecule has 3 nitrogen and oxygen atoms in total. The molecule has 96 valence electrons. The molecule has 0 heterocycles. The number of benzene rings is 1. The molecule has 0 saturated carbocycles. The van der Waals surface area contributed by atoms with E-state index >= 15 is 0 Å². The molecule has 0 aliphatic rings. The molecule has 1 unspecified atom stereocenters. The molecule has 3 heteroatoms. The zero-order valence-electron chi connectivity index (χ0n) is 10.8. The minimum Gasteiger partial charge on any atom is -0.496 e. The summed E-state index contributed by atoms with van der Waals surface area (Å²) in [6, 6.07) is 7.88. The average Bonchev–Trinajstić information content (AvgIpc) is 2.39. The fourth-order valence-electron chi connectivity index (χ4n) is 1.79. The van der Waals surface area contributed by atoms with Crippen molar-refractivity contribution in [2.75, 3.05) is 20.3 Å². The molecule has 0 radical (unpaired) electrons. The van der Waals surface area contributed by atoms with Gasteiger partial charge in [0.15, 0.2) is 0 Å². The van der Waals surface area contributed by atoms with Crippen molar-refractivity contribution in [3.8, 4) is 5.75 Å². The maximum Gasteiger partial charge on any atom is 0.124 e. The summed E-state index contributed by atoms with van der Waals surface area (Å²) in [6.07, 6.45) is 3.42. The first-order valence-electron chi connectivity index (χ1n) is 6.28. The summed E-state index contributed by atoms with van der Waals surface area (Å²) in [7, 11) is 1.67. The van der Waals surface area contributed by atoms with Crippen molar-refractivity contribution >= 4 is 0 Å². The number of methoxy groups -OCH3 is 1.